The molecule has 248 valence electrons. The lowest BCUT2D eigenvalue weighted by atomic mass is 9.89. The Balaban J connectivity index is 1.33. The van der Waals surface area contributed by atoms with Gasteiger partial charge in [0, 0.05) is 17.7 Å². The minimum Gasteiger partial charge on any atom is -0.354 e. The fourth-order valence-corrected chi connectivity index (χ4v) is 7.42. The first-order valence-electron chi connectivity index (χ1n) is 17.2. The van der Waals surface area contributed by atoms with Crippen LogP contribution in [0.5, 0.6) is 0 Å². The minimum atomic E-state index is -1.29. The van der Waals surface area contributed by atoms with Crippen LogP contribution in [0.1, 0.15) is 78.7 Å². The molecule has 5 rings (SSSR count). The molecule has 1 unspecified atom stereocenters. The number of nitrogens with zero attached hydrogens (tertiary/aromatic N) is 1. The Morgan fingerprint density at radius 3 is 2.28 bits per heavy atom. The van der Waals surface area contributed by atoms with Crippen LogP contribution in [0.2, 0.25) is 0 Å². The normalized spacial score (nSPS) is 16.1. The summed E-state index contributed by atoms with van der Waals surface area (Å²) < 4.78 is 1.02. The van der Waals surface area contributed by atoms with Crippen LogP contribution in [0.4, 0.5) is 0 Å². The lowest BCUT2D eigenvalue weighted by molar-refractivity contribution is -0.133. The summed E-state index contributed by atoms with van der Waals surface area (Å²) in [5.41, 5.74) is 1.47. The van der Waals surface area contributed by atoms with Crippen molar-refractivity contribution in [3.8, 4) is 0 Å². The van der Waals surface area contributed by atoms with Gasteiger partial charge < -0.3 is 20.9 Å². The van der Waals surface area contributed by atoms with E-state index in [0.29, 0.717) is 30.7 Å². The number of amides is 3. The van der Waals surface area contributed by atoms with E-state index in [0.717, 1.165) is 65.7 Å². The number of carbonyl (C=O) groups excluding carboxylic acids is 3. The van der Waals surface area contributed by atoms with Gasteiger partial charge in [0.15, 0.2) is 0 Å². The van der Waals surface area contributed by atoms with Crippen LogP contribution >= 0.6 is 11.3 Å². The summed E-state index contributed by atoms with van der Waals surface area (Å²) in [4.78, 5) is 45.1. The number of hydrogen-bond donors (Lipinski definition) is 3. The van der Waals surface area contributed by atoms with Crippen molar-refractivity contribution in [2.24, 2.45) is 0 Å². The van der Waals surface area contributed by atoms with Crippen molar-refractivity contribution in [1.29, 1.82) is 0 Å². The van der Waals surface area contributed by atoms with E-state index in [1.807, 2.05) is 84.9 Å². The second kappa shape index (κ2) is 16.7. The number of thiophene rings is 1. The van der Waals surface area contributed by atoms with Gasteiger partial charge in [-0.25, -0.2) is 0 Å². The van der Waals surface area contributed by atoms with Gasteiger partial charge in [-0.15, -0.1) is 11.3 Å². The number of benzene rings is 3. The third kappa shape index (κ3) is 8.67. The highest BCUT2D eigenvalue weighted by Crippen LogP contribution is 2.38. The molecular weight excluding hydrogens is 605 g/mol. The number of rotatable bonds is 17. The number of aryl methyl sites for hydroxylation is 1. The number of carbonyl (C=O) groups is 3. The molecule has 4 aromatic rings. The average Bonchev–Trinajstić information content (AvgIpc) is 3.70. The first-order valence-corrected chi connectivity index (χ1v) is 18.0. The maximum atomic E-state index is 14.5. The van der Waals surface area contributed by atoms with E-state index in [1.165, 1.54) is 24.2 Å². The molecule has 2 atom stereocenters. The smallest absolute Gasteiger partial charge is 0.262 e. The zero-order valence-corrected chi connectivity index (χ0v) is 28.5. The first kappa shape index (κ1) is 34.3. The third-order valence-corrected chi connectivity index (χ3v) is 10.2. The molecule has 0 bridgehead atoms. The molecule has 0 radical (unpaired) electrons. The van der Waals surface area contributed by atoms with E-state index < -0.39 is 11.6 Å². The maximum Gasteiger partial charge on any atom is 0.262 e. The van der Waals surface area contributed by atoms with Crippen molar-refractivity contribution in [3.63, 3.8) is 0 Å². The number of fused-ring (bicyclic) bond motifs is 2. The van der Waals surface area contributed by atoms with Crippen molar-refractivity contribution >= 4 is 39.1 Å². The molecule has 3 N–H and O–H groups in total. The van der Waals surface area contributed by atoms with Gasteiger partial charge in [0.1, 0.15) is 11.6 Å². The molecule has 47 heavy (non-hydrogen) atoms. The summed E-state index contributed by atoms with van der Waals surface area (Å²) in [5.74, 6) is -0.871. The van der Waals surface area contributed by atoms with Crippen molar-refractivity contribution in [2.45, 2.75) is 76.8 Å². The molecular formula is C39H48N4O3S. The third-order valence-electron chi connectivity index (χ3n) is 9.12. The SMILES string of the molecule is CCCCN(CCCC)CCCNC(=O)[C@@H](Cc1ccccc1)NC(=O)C1(NC(=O)c2cc3ccccc3s2)CCc2ccccc21. The van der Waals surface area contributed by atoms with Crippen LogP contribution < -0.4 is 16.0 Å². The van der Waals surface area contributed by atoms with Crippen LogP contribution in [-0.2, 0) is 28.0 Å². The Morgan fingerprint density at radius 1 is 0.851 bits per heavy atom. The number of nitrogens with one attached hydrogen (secondary N) is 3. The molecule has 1 aliphatic carbocycles. The average molecular weight is 653 g/mol. The van der Waals surface area contributed by atoms with Crippen molar-refractivity contribution in [2.75, 3.05) is 26.2 Å². The highest BCUT2D eigenvalue weighted by molar-refractivity contribution is 7.20. The molecule has 8 heteroatoms. The summed E-state index contributed by atoms with van der Waals surface area (Å²) >= 11 is 1.41. The Labute approximate surface area is 283 Å². The van der Waals surface area contributed by atoms with E-state index in [-0.39, 0.29) is 17.7 Å². The molecule has 1 heterocycles. The standard InChI is InChI=1S/C39H48N4O3S/c1-3-5-24-43(25-6-4-2)26-14-23-40-36(44)33(27-29-15-8-7-9-16-29)41-38(46)39(22-21-30-17-10-12-19-32(30)39)42-37(45)35-28-31-18-11-13-20-34(31)47-35/h7-13,15-20,28,33H,3-6,14,21-27H2,1-2H3,(H,40,44)(H,41,46)(H,42,45)/t33-,39?/m1/s1. The fourth-order valence-electron chi connectivity index (χ4n) is 6.46. The second-order valence-corrected chi connectivity index (χ2v) is 13.7. The zero-order valence-electron chi connectivity index (χ0n) is 27.7. The van der Waals surface area contributed by atoms with Crippen molar-refractivity contribution in [1.82, 2.24) is 20.9 Å². The molecule has 0 aliphatic heterocycles. The monoisotopic (exact) mass is 652 g/mol. The van der Waals surface area contributed by atoms with E-state index in [1.54, 1.807) is 0 Å². The predicted octanol–water partition coefficient (Wildman–Crippen LogP) is 6.61. The van der Waals surface area contributed by atoms with Crippen LogP contribution in [0, 0.1) is 0 Å². The molecule has 0 saturated heterocycles. The Morgan fingerprint density at radius 2 is 1.53 bits per heavy atom. The summed E-state index contributed by atoms with van der Waals surface area (Å²) in [5, 5.41) is 10.4. The largest absolute Gasteiger partial charge is 0.354 e. The van der Waals surface area contributed by atoms with Crippen molar-refractivity contribution < 1.29 is 14.4 Å². The Kier molecular flexibility index (Phi) is 12.2. The topological polar surface area (TPSA) is 90.5 Å². The minimum absolute atomic E-state index is 0.215. The summed E-state index contributed by atoms with van der Waals surface area (Å²) in [6, 6.07) is 26.5. The van der Waals surface area contributed by atoms with Gasteiger partial charge in [-0.1, -0.05) is 99.5 Å². The first-order chi connectivity index (χ1) is 22.9. The lowest BCUT2D eigenvalue weighted by Gasteiger charge is -2.32. The summed E-state index contributed by atoms with van der Waals surface area (Å²) in [6.45, 7) is 8.04. The molecule has 0 saturated carbocycles. The highest BCUT2D eigenvalue weighted by atomic mass is 32.1. The molecule has 7 nitrogen and oxygen atoms in total. The van der Waals surface area contributed by atoms with Gasteiger partial charge in [-0.3, -0.25) is 14.4 Å². The highest BCUT2D eigenvalue weighted by Gasteiger charge is 2.47. The van der Waals surface area contributed by atoms with Crippen LogP contribution in [0.3, 0.4) is 0 Å². The second-order valence-electron chi connectivity index (χ2n) is 12.6. The molecule has 3 amide bonds. The van der Waals surface area contributed by atoms with E-state index in [9.17, 15) is 14.4 Å². The Bertz CT molecular complexity index is 1600. The van der Waals surface area contributed by atoms with Gasteiger partial charge in [0.25, 0.3) is 11.8 Å². The van der Waals surface area contributed by atoms with E-state index in [4.69, 9.17) is 0 Å². The maximum absolute atomic E-state index is 14.5. The van der Waals surface area contributed by atoms with E-state index in [2.05, 4.69) is 34.7 Å². The quantitative estimate of drug-likeness (QED) is 0.112. The molecule has 1 aromatic heterocycles. The number of unbranched alkanes of at least 4 members (excludes halogenated alkanes) is 2. The molecule has 0 spiro atoms. The van der Waals surface area contributed by atoms with E-state index >= 15 is 0 Å². The van der Waals surface area contributed by atoms with Gasteiger partial charge >= 0.3 is 0 Å². The number of hydrogen-bond acceptors (Lipinski definition) is 5. The van der Waals surface area contributed by atoms with Gasteiger partial charge in [-0.05, 0) is 85.9 Å². The Hall–Kier alpha value is -4.01. The van der Waals surface area contributed by atoms with Crippen molar-refractivity contribution in [3.05, 3.63) is 106 Å². The van der Waals surface area contributed by atoms with Gasteiger partial charge in [0.2, 0.25) is 5.91 Å². The molecule has 3 aromatic carbocycles. The molecule has 0 fully saturated rings. The summed E-state index contributed by atoms with van der Waals surface area (Å²) in [6.07, 6.45) is 6.93. The van der Waals surface area contributed by atoms with Gasteiger partial charge in [-0.2, -0.15) is 0 Å². The fraction of sp³-hybridized carbons (Fsp3) is 0.410. The lowest BCUT2D eigenvalue weighted by Crippen LogP contribution is -2.59. The zero-order chi connectivity index (χ0) is 33.1. The van der Waals surface area contributed by atoms with Crippen LogP contribution in [0.25, 0.3) is 10.1 Å². The molecule has 1 aliphatic rings. The summed E-state index contributed by atoms with van der Waals surface area (Å²) in [7, 11) is 0. The predicted molar refractivity (Wildman–Crippen MR) is 192 cm³/mol. The van der Waals surface area contributed by atoms with Crippen LogP contribution in [-0.4, -0.2) is 54.8 Å². The van der Waals surface area contributed by atoms with Crippen LogP contribution in [0.15, 0.2) is 84.9 Å². The van der Waals surface area contributed by atoms with Gasteiger partial charge in [0.05, 0.1) is 4.88 Å².